The lowest BCUT2D eigenvalue weighted by atomic mass is 10.0. The van der Waals surface area contributed by atoms with Crippen molar-refractivity contribution >= 4 is 10.0 Å². The molecule has 0 spiro atoms. The second-order valence-corrected chi connectivity index (χ2v) is 9.49. The normalized spacial score (nSPS) is 22.0. The van der Waals surface area contributed by atoms with Crippen LogP contribution in [0.3, 0.4) is 0 Å². The topological polar surface area (TPSA) is 40.6 Å². The first kappa shape index (κ1) is 18.6. The highest BCUT2D eigenvalue weighted by atomic mass is 32.2. The SMILES string of the molecule is O=S(=O)(Cc1cccc(F)c1)N1CCN(C2CC2)CC1Cc1ccccc1. The summed E-state index contributed by atoms with van der Waals surface area (Å²) in [7, 11) is -3.51. The van der Waals surface area contributed by atoms with Crippen molar-refractivity contribution in [3.05, 3.63) is 71.5 Å². The van der Waals surface area contributed by atoms with Crippen LogP contribution in [-0.2, 0) is 22.2 Å². The summed E-state index contributed by atoms with van der Waals surface area (Å²) in [4.78, 5) is 2.43. The van der Waals surface area contributed by atoms with Crippen molar-refractivity contribution in [2.75, 3.05) is 19.6 Å². The van der Waals surface area contributed by atoms with Gasteiger partial charge < -0.3 is 0 Å². The van der Waals surface area contributed by atoms with Gasteiger partial charge in [0.25, 0.3) is 0 Å². The van der Waals surface area contributed by atoms with Gasteiger partial charge in [0.05, 0.1) is 5.75 Å². The number of rotatable bonds is 6. The molecule has 1 saturated heterocycles. The van der Waals surface area contributed by atoms with Gasteiger partial charge in [0, 0.05) is 31.7 Å². The lowest BCUT2D eigenvalue weighted by Gasteiger charge is -2.41. The van der Waals surface area contributed by atoms with E-state index in [-0.39, 0.29) is 11.8 Å². The van der Waals surface area contributed by atoms with Crippen molar-refractivity contribution in [3.63, 3.8) is 0 Å². The van der Waals surface area contributed by atoms with Crippen LogP contribution in [-0.4, -0.2) is 49.3 Å². The van der Waals surface area contributed by atoms with Crippen LogP contribution in [0.5, 0.6) is 0 Å². The van der Waals surface area contributed by atoms with E-state index >= 15 is 0 Å². The Balaban J connectivity index is 1.55. The van der Waals surface area contributed by atoms with Crippen LogP contribution >= 0.6 is 0 Å². The van der Waals surface area contributed by atoms with E-state index in [1.165, 1.54) is 25.0 Å². The Morgan fingerprint density at radius 1 is 0.963 bits per heavy atom. The van der Waals surface area contributed by atoms with Crippen LogP contribution in [0.25, 0.3) is 0 Å². The highest BCUT2D eigenvalue weighted by Crippen LogP contribution is 2.31. The molecule has 6 heteroatoms. The van der Waals surface area contributed by atoms with Gasteiger partial charge in [-0.05, 0) is 42.5 Å². The van der Waals surface area contributed by atoms with Crippen molar-refractivity contribution in [2.24, 2.45) is 0 Å². The molecule has 1 unspecified atom stereocenters. The van der Waals surface area contributed by atoms with E-state index in [4.69, 9.17) is 0 Å². The van der Waals surface area contributed by atoms with E-state index in [0.29, 0.717) is 24.6 Å². The lowest BCUT2D eigenvalue weighted by Crippen LogP contribution is -2.56. The molecular weight excluding hydrogens is 363 g/mol. The highest BCUT2D eigenvalue weighted by molar-refractivity contribution is 7.88. The van der Waals surface area contributed by atoms with Gasteiger partial charge in [0.15, 0.2) is 0 Å². The van der Waals surface area contributed by atoms with Gasteiger partial charge in [0.1, 0.15) is 5.82 Å². The maximum Gasteiger partial charge on any atom is 0.218 e. The Morgan fingerprint density at radius 3 is 2.41 bits per heavy atom. The van der Waals surface area contributed by atoms with Gasteiger partial charge in [-0.2, -0.15) is 4.31 Å². The number of halogens is 1. The molecule has 2 aromatic rings. The maximum atomic E-state index is 13.5. The van der Waals surface area contributed by atoms with E-state index in [1.807, 2.05) is 30.3 Å². The van der Waals surface area contributed by atoms with E-state index in [1.54, 1.807) is 16.4 Å². The molecule has 1 heterocycles. The summed E-state index contributed by atoms with van der Waals surface area (Å²) in [6, 6.07) is 16.5. The summed E-state index contributed by atoms with van der Waals surface area (Å²) < 4.78 is 41.4. The lowest BCUT2D eigenvalue weighted by molar-refractivity contribution is 0.128. The van der Waals surface area contributed by atoms with Gasteiger partial charge in [-0.25, -0.2) is 12.8 Å². The molecule has 4 nitrogen and oxygen atoms in total. The smallest absolute Gasteiger partial charge is 0.218 e. The molecule has 0 amide bonds. The van der Waals surface area contributed by atoms with Crippen molar-refractivity contribution in [3.8, 4) is 0 Å². The summed E-state index contributed by atoms with van der Waals surface area (Å²) in [5.74, 6) is -0.554. The van der Waals surface area contributed by atoms with Crippen molar-refractivity contribution in [2.45, 2.75) is 37.1 Å². The Labute approximate surface area is 160 Å². The van der Waals surface area contributed by atoms with Crippen LogP contribution in [0.15, 0.2) is 54.6 Å². The fourth-order valence-electron chi connectivity index (χ4n) is 3.97. The Bertz CT molecular complexity index is 884. The molecule has 1 saturated carbocycles. The molecule has 1 aliphatic heterocycles. The summed E-state index contributed by atoms with van der Waals surface area (Å²) in [5.41, 5.74) is 1.64. The van der Waals surface area contributed by atoms with E-state index in [9.17, 15) is 12.8 Å². The molecule has 4 rings (SSSR count). The van der Waals surface area contributed by atoms with Crippen molar-refractivity contribution < 1.29 is 12.8 Å². The van der Waals surface area contributed by atoms with E-state index in [0.717, 1.165) is 18.7 Å². The molecule has 0 bridgehead atoms. The molecule has 1 atom stereocenters. The van der Waals surface area contributed by atoms with Crippen LogP contribution in [0, 0.1) is 5.82 Å². The molecule has 144 valence electrons. The first-order valence-electron chi connectivity index (χ1n) is 9.53. The molecule has 0 radical (unpaired) electrons. The van der Waals surface area contributed by atoms with Crippen molar-refractivity contribution in [1.29, 1.82) is 0 Å². The Hall–Kier alpha value is -1.76. The van der Waals surface area contributed by atoms with Crippen LogP contribution in [0.4, 0.5) is 4.39 Å². The molecule has 2 aliphatic rings. The second-order valence-electron chi connectivity index (χ2n) is 7.57. The summed E-state index contributed by atoms with van der Waals surface area (Å²) in [5, 5.41) is 0. The molecule has 0 N–H and O–H groups in total. The molecule has 2 aromatic carbocycles. The first-order chi connectivity index (χ1) is 13.0. The Kier molecular flexibility index (Phi) is 5.30. The summed E-state index contributed by atoms with van der Waals surface area (Å²) in [6.45, 7) is 2.05. The van der Waals surface area contributed by atoms with Crippen LogP contribution in [0.1, 0.15) is 24.0 Å². The quantitative estimate of drug-likeness (QED) is 0.764. The zero-order valence-corrected chi connectivity index (χ0v) is 16.1. The summed E-state index contributed by atoms with van der Waals surface area (Å²) in [6.07, 6.45) is 3.13. The number of hydrogen-bond acceptors (Lipinski definition) is 3. The zero-order chi connectivity index (χ0) is 18.9. The number of sulfonamides is 1. The number of benzene rings is 2. The van der Waals surface area contributed by atoms with Gasteiger partial charge in [-0.15, -0.1) is 0 Å². The third-order valence-corrected chi connectivity index (χ3v) is 7.33. The highest BCUT2D eigenvalue weighted by Gasteiger charge is 2.39. The standard InChI is InChI=1S/C21H25FN2O2S/c22-19-8-4-7-18(13-19)16-27(25,26)24-12-11-23(20-9-10-20)15-21(24)14-17-5-2-1-3-6-17/h1-8,13,20-21H,9-12,14-16H2. The molecule has 27 heavy (non-hydrogen) atoms. The number of nitrogens with zero attached hydrogens (tertiary/aromatic N) is 2. The van der Waals surface area contributed by atoms with Crippen molar-refractivity contribution in [1.82, 2.24) is 9.21 Å². The van der Waals surface area contributed by atoms with Gasteiger partial charge >= 0.3 is 0 Å². The molecule has 2 fully saturated rings. The van der Waals surface area contributed by atoms with E-state index < -0.39 is 15.8 Å². The monoisotopic (exact) mass is 388 g/mol. The molecule has 0 aromatic heterocycles. The number of piperazine rings is 1. The molecular formula is C21H25FN2O2S. The van der Waals surface area contributed by atoms with E-state index in [2.05, 4.69) is 4.90 Å². The second kappa shape index (κ2) is 7.70. The minimum absolute atomic E-state index is 0.0830. The minimum atomic E-state index is -3.51. The summed E-state index contributed by atoms with van der Waals surface area (Å²) >= 11 is 0. The average Bonchev–Trinajstić information content (AvgIpc) is 3.47. The molecule has 1 aliphatic carbocycles. The third kappa shape index (κ3) is 4.57. The Morgan fingerprint density at radius 2 is 1.70 bits per heavy atom. The minimum Gasteiger partial charge on any atom is -0.297 e. The predicted molar refractivity (Wildman–Crippen MR) is 104 cm³/mol. The fourth-order valence-corrected chi connectivity index (χ4v) is 5.69. The fraction of sp³-hybridized carbons (Fsp3) is 0.429. The van der Waals surface area contributed by atoms with Gasteiger partial charge in [0.2, 0.25) is 10.0 Å². The first-order valence-corrected chi connectivity index (χ1v) is 11.1. The van der Waals surface area contributed by atoms with Gasteiger partial charge in [-0.1, -0.05) is 42.5 Å². The zero-order valence-electron chi connectivity index (χ0n) is 15.3. The largest absolute Gasteiger partial charge is 0.297 e. The number of hydrogen-bond donors (Lipinski definition) is 0. The van der Waals surface area contributed by atoms with Gasteiger partial charge in [-0.3, -0.25) is 4.90 Å². The van der Waals surface area contributed by atoms with Crippen LogP contribution < -0.4 is 0 Å². The average molecular weight is 389 g/mol. The maximum absolute atomic E-state index is 13.5. The van der Waals surface area contributed by atoms with Crippen LogP contribution in [0.2, 0.25) is 0 Å². The third-order valence-electron chi connectivity index (χ3n) is 5.43. The predicted octanol–water partition coefficient (Wildman–Crippen LogP) is 3.05.